The standard InChI is InChI=1S/C16H15NO5/c1-20-15(18)12-8-5-9-13(17)14(12)22-16(19)21-10-11-6-3-2-4-7-11/h2-9H,10,17H2,1H3. The molecule has 0 spiro atoms. The van der Waals surface area contributed by atoms with E-state index in [9.17, 15) is 9.59 Å². The molecule has 0 fully saturated rings. The van der Waals surface area contributed by atoms with Gasteiger partial charge in [-0.15, -0.1) is 0 Å². The summed E-state index contributed by atoms with van der Waals surface area (Å²) in [4.78, 5) is 23.4. The van der Waals surface area contributed by atoms with E-state index in [1.54, 1.807) is 6.07 Å². The van der Waals surface area contributed by atoms with Crippen molar-refractivity contribution in [3.8, 4) is 5.75 Å². The molecule has 0 heterocycles. The molecule has 0 radical (unpaired) electrons. The molecule has 2 N–H and O–H groups in total. The van der Waals surface area contributed by atoms with E-state index in [2.05, 4.69) is 4.74 Å². The molecule has 0 aliphatic heterocycles. The first kappa shape index (κ1) is 15.4. The van der Waals surface area contributed by atoms with Gasteiger partial charge < -0.3 is 19.9 Å². The van der Waals surface area contributed by atoms with Crippen LogP contribution in [-0.4, -0.2) is 19.2 Å². The monoisotopic (exact) mass is 301 g/mol. The fourth-order valence-corrected chi connectivity index (χ4v) is 1.77. The summed E-state index contributed by atoms with van der Waals surface area (Å²) in [6.45, 7) is 0.0555. The van der Waals surface area contributed by atoms with E-state index < -0.39 is 12.1 Å². The van der Waals surface area contributed by atoms with E-state index in [0.29, 0.717) is 0 Å². The summed E-state index contributed by atoms with van der Waals surface area (Å²) in [5.74, 6) is -0.731. The highest BCUT2D eigenvalue weighted by Gasteiger charge is 2.19. The second-order valence-electron chi connectivity index (χ2n) is 4.34. The average Bonchev–Trinajstić information content (AvgIpc) is 2.55. The highest BCUT2D eigenvalue weighted by molar-refractivity contribution is 5.95. The van der Waals surface area contributed by atoms with E-state index in [1.165, 1.54) is 19.2 Å². The molecule has 6 heteroatoms. The van der Waals surface area contributed by atoms with Crippen LogP contribution in [0.4, 0.5) is 10.5 Å². The summed E-state index contributed by atoms with van der Waals surface area (Å²) < 4.78 is 14.6. The number of hydrogen-bond donors (Lipinski definition) is 1. The van der Waals surface area contributed by atoms with Gasteiger partial charge in [-0.25, -0.2) is 9.59 Å². The molecule has 2 aromatic carbocycles. The maximum Gasteiger partial charge on any atom is 0.514 e. The van der Waals surface area contributed by atoms with Crippen molar-refractivity contribution in [3.63, 3.8) is 0 Å². The second-order valence-corrected chi connectivity index (χ2v) is 4.34. The summed E-state index contributed by atoms with van der Waals surface area (Å²) in [6.07, 6.45) is -0.952. The van der Waals surface area contributed by atoms with Crippen LogP contribution >= 0.6 is 0 Å². The Kier molecular flexibility index (Phi) is 4.98. The van der Waals surface area contributed by atoms with E-state index in [4.69, 9.17) is 15.2 Å². The third-order valence-corrected chi connectivity index (χ3v) is 2.84. The van der Waals surface area contributed by atoms with Crippen molar-refractivity contribution in [1.82, 2.24) is 0 Å². The Balaban J connectivity index is 2.07. The number of rotatable bonds is 4. The van der Waals surface area contributed by atoms with Gasteiger partial charge in [0.1, 0.15) is 12.2 Å². The smallest absolute Gasteiger partial charge is 0.465 e. The SMILES string of the molecule is COC(=O)c1cccc(N)c1OC(=O)OCc1ccccc1. The third-order valence-electron chi connectivity index (χ3n) is 2.84. The van der Waals surface area contributed by atoms with E-state index in [0.717, 1.165) is 5.56 Å². The summed E-state index contributed by atoms with van der Waals surface area (Å²) in [7, 11) is 1.23. The summed E-state index contributed by atoms with van der Waals surface area (Å²) >= 11 is 0. The van der Waals surface area contributed by atoms with Crippen LogP contribution in [0.15, 0.2) is 48.5 Å². The van der Waals surface area contributed by atoms with Crippen LogP contribution in [-0.2, 0) is 16.1 Å². The first-order valence-corrected chi connectivity index (χ1v) is 6.47. The van der Waals surface area contributed by atoms with Crippen LogP contribution in [0.5, 0.6) is 5.75 Å². The largest absolute Gasteiger partial charge is 0.514 e. The van der Waals surface area contributed by atoms with Gasteiger partial charge in [-0.05, 0) is 17.7 Å². The lowest BCUT2D eigenvalue weighted by Gasteiger charge is -2.11. The van der Waals surface area contributed by atoms with Crippen LogP contribution < -0.4 is 10.5 Å². The van der Waals surface area contributed by atoms with Gasteiger partial charge in [-0.3, -0.25) is 0 Å². The molecule has 0 aliphatic carbocycles. The lowest BCUT2D eigenvalue weighted by molar-refractivity contribution is 0.0593. The predicted octanol–water partition coefficient (Wildman–Crippen LogP) is 2.77. The van der Waals surface area contributed by atoms with Gasteiger partial charge in [0.2, 0.25) is 0 Å². The van der Waals surface area contributed by atoms with Crippen molar-refractivity contribution < 1.29 is 23.8 Å². The Labute approximate surface area is 127 Å². The van der Waals surface area contributed by atoms with Gasteiger partial charge >= 0.3 is 12.1 Å². The number of nitrogens with two attached hydrogens (primary N) is 1. The number of carbonyl (C=O) groups is 2. The molecule has 114 valence electrons. The fourth-order valence-electron chi connectivity index (χ4n) is 1.77. The third kappa shape index (κ3) is 3.76. The number of hydrogen-bond acceptors (Lipinski definition) is 6. The molecule has 0 amide bonds. The van der Waals surface area contributed by atoms with Crippen LogP contribution in [0, 0.1) is 0 Å². The fraction of sp³-hybridized carbons (Fsp3) is 0.125. The number of methoxy groups -OCH3 is 1. The number of ether oxygens (including phenoxy) is 3. The lowest BCUT2D eigenvalue weighted by Crippen LogP contribution is -2.15. The van der Waals surface area contributed by atoms with Crippen molar-refractivity contribution in [2.75, 3.05) is 12.8 Å². The molecule has 6 nitrogen and oxygen atoms in total. The Hall–Kier alpha value is -3.02. The number of benzene rings is 2. The highest BCUT2D eigenvalue weighted by atomic mass is 16.7. The molecular formula is C16H15NO5. The van der Waals surface area contributed by atoms with E-state index in [-0.39, 0.29) is 23.6 Å². The number of para-hydroxylation sites is 1. The summed E-state index contributed by atoms with van der Waals surface area (Å²) in [5, 5.41) is 0. The zero-order chi connectivity index (χ0) is 15.9. The zero-order valence-electron chi connectivity index (χ0n) is 11.9. The first-order valence-electron chi connectivity index (χ1n) is 6.47. The van der Waals surface area contributed by atoms with Crippen LogP contribution in [0.25, 0.3) is 0 Å². The van der Waals surface area contributed by atoms with Crippen molar-refractivity contribution in [2.24, 2.45) is 0 Å². The number of anilines is 1. The molecule has 0 saturated heterocycles. The Bertz CT molecular complexity index is 669. The van der Waals surface area contributed by atoms with Gasteiger partial charge in [0.15, 0.2) is 5.75 Å². The molecule has 0 unspecified atom stereocenters. The molecule has 0 aliphatic rings. The second kappa shape index (κ2) is 7.12. The maximum absolute atomic E-state index is 11.7. The lowest BCUT2D eigenvalue weighted by atomic mass is 10.2. The Morgan fingerprint density at radius 1 is 1.05 bits per heavy atom. The molecule has 2 aromatic rings. The quantitative estimate of drug-likeness (QED) is 0.531. The van der Waals surface area contributed by atoms with Gasteiger partial charge in [-0.2, -0.15) is 0 Å². The average molecular weight is 301 g/mol. The highest BCUT2D eigenvalue weighted by Crippen LogP contribution is 2.27. The Morgan fingerprint density at radius 2 is 1.77 bits per heavy atom. The van der Waals surface area contributed by atoms with Crippen molar-refractivity contribution in [2.45, 2.75) is 6.61 Å². The van der Waals surface area contributed by atoms with Gasteiger partial charge in [0.05, 0.1) is 12.8 Å². The van der Waals surface area contributed by atoms with E-state index in [1.807, 2.05) is 30.3 Å². The molecule has 22 heavy (non-hydrogen) atoms. The van der Waals surface area contributed by atoms with Gasteiger partial charge in [-0.1, -0.05) is 36.4 Å². The minimum atomic E-state index is -0.952. The van der Waals surface area contributed by atoms with Crippen LogP contribution in [0.2, 0.25) is 0 Å². The van der Waals surface area contributed by atoms with Gasteiger partial charge in [0.25, 0.3) is 0 Å². The van der Waals surface area contributed by atoms with Gasteiger partial charge in [0, 0.05) is 0 Å². The first-order chi connectivity index (χ1) is 10.6. The molecular weight excluding hydrogens is 286 g/mol. The topological polar surface area (TPSA) is 87.9 Å². The minimum Gasteiger partial charge on any atom is -0.465 e. The summed E-state index contributed by atoms with van der Waals surface area (Å²) in [6, 6.07) is 13.6. The molecule has 2 rings (SSSR count). The van der Waals surface area contributed by atoms with Crippen molar-refractivity contribution in [1.29, 1.82) is 0 Å². The molecule has 0 aromatic heterocycles. The number of esters is 1. The summed E-state index contributed by atoms with van der Waals surface area (Å²) in [5.41, 5.74) is 6.74. The number of carbonyl (C=O) groups excluding carboxylic acids is 2. The van der Waals surface area contributed by atoms with Crippen LogP contribution in [0.1, 0.15) is 15.9 Å². The predicted molar refractivity (Wildman–Crippen MR) is 79.4 cm³/mol. The Morgan fingerprint density at radius 3 is 2.45 bits per heavy atom. The van der Waals surface area contributed by atoms with Crippen molar-refractivity contribution >= 4 is 17.8 Å². The normalized spacial score (nSPS) is 9.86. The maximum atomic E-state index is 11.7. The molecule has 0 saturated carbocycles. The zero-order valence-corrected chi connectivity index (χ0v) is 11.9. The molecule has 0 bridgehead atoms. The molecule has 0 atom stereocenters. The van der Waals surface area contributed by atoms with E-state index >= 15 is 0 Å². The number of nitrogen functional groups attached to an aromatic ring is 1. The van der Waals surface area contributed by atoms with Crippen LogP contribution in [0.3, 0.4) is 0 Å². The van der Waals surface area contributed by atoms with Crippen molar-refractivity contribution in [3.05, 3.63) is 59.7 Å². The minimum absolute atomic E-state index is 0.0548.